The van der Waals surface area contributed by atoms with Gasteiger partial charge in [-0.15, -0.1) is 0 Å². The number of nitrogens with one attached hydrogen (secondary N) is 2. The number of alkyl halides is 2. The zero-order chi connectivity index (χ0) is 20.3. The second-order valence-corrected chi connectivity index (χ2v) is 5.99. The van der Waals surface area contributed by atoms with Crippen LogP contribution in [0.3, 0.4) is 0 Å². The molecule has 0 atom stereocenters. The average Bonchev–Trinajstić information content (AvgIpc) is 3.10. The number of halogens is 2. The van der Waals surface area contributed by atoms with Crippen molar-refractivity contribution in [3.63, 3.8) is 0 Å². The molecule has 0 saturated carbocycles. The molecular formula is C17H18F2N8O. The number of amides is 1. The minimum absolute atomic E-state index is 0.163. The summed E-state index contributed by atoms with van der Waals surface area (Å²) in [5.74, 6) is -3.62. The van der Waals surface area contributed by atoms with Crippen LogP contribution in [0, 0.1) is 0 Å². The van der Waals surface area contributed by atoms with Crippen molar-refractivity contribution in [2.75, 3.05) is 10.6 Å². The maximum atomic E-state index is 13.5. The highest BCUT2D eigenvalue weighted by atomic mass is 19.3. The van der Waals surface area contributed by atoms with Gasteiger partial charge in [0, 0.05) is 37.9 Å². The molecule has 0 bridgehead atoms. The maximum Gasteiger partial charge on any atom is 0.303 e. The topological polar surface area (TPSA) is 111 Å². The van der Waals surface area contributed by atoms with Crippen LogP contribution >= 0.6 is 0 Å². The maximum absolute atomic E-state index is 13.5. The normalized spacial score (nSPS) is 11.3. The van der Waals surface area contributed by atoms with Crippen LogP contribution in [0.4, 0.5) is 26.1 Å². The first-order valence-corrected chi connectivity index (χ1v) is 8.42. The molecule has 0 aliphatic rings. The molecule has 0 aliphatic heterocycles. The largest absolute Gasteiger partial charge is 0.339 e. The molecule has 1 amide bonds. The van der Waals surface area contributed by atoms with E-state index in [1.165, 1.54) is 30.2 Å². The molecule has 28 heavy (non-hydrogen) atoms. The van der Waals surface area contributed by atoms with Crippen LogP contribution in [-0.2, 0) is 17.3 Å². The van der Waals surface area contributed by atoms with Crippen molar-refractivity contribution >= 4 is 23.2 Å². The van der Waals surface area contributed by atoms with Crippen molar-refractivity contribution in [3.05, 3.63) is 36.5 Å². The van der Waals surface area contributed by atoms with Gasteiger partial charge in [0.1, 0.15) is 17.3 Å². The van der Waals surface area contributed by atoms with Crippen LogP contribution in [0.2, 0.25) is 0 Å². The Hall–Kier alpha value is -3.50. The summed E-state index contributed by atoms with van der Waals surface area (Å²) >= 11 is 0. The summed E-state index contributed by atoms with van der Waals surface area (Å²) in [6.45, 7) is 4.56. The van der Waals surface area contributed by atoms with E-state index >= 15 is 0 Å². The van der Waals surface area contributed by atoms with Gasteiger partial charge in [0.25, 0.3) is 0 Å². The molecule has 3 aromatic rings. The van der Waals surface area contributed by atoms with Gasteiger partial charge in [0.2, 0.25) is 11.7 Å². The summed E-state index contributed by atoms with van der Waals surface area (Å²) in [5, 5.41) is 14.0. The number of anilines is 3. The summed E-state index contributed by atoms with van der Waals surface area (Å²) in [4.78, 5) is 24.5. The van der Waals surface area contributed by atoms with Crippen LogP contribution in [0.25, 0.3) is 11.3 Å². The fourth-order valence-electron chi connectivity index (χ4n) is 2.36. The van der Waals surface area contributed by atoms with Gasteiger partial charge in [-0.1, -0.05) is 0 Å². The number of aromatic nitrogens is 6. The van der Waals surface area contributed by atoms with E-state index in [1.807, 2.05) is 6.92 Å². The smallest absolute Gasteiger partial charge is 0.303 e. The van der Waals surface area contributed by atoms with Gasteiger partial charge >= 0.3 is 5.92 Å². The number of aryl methyl sites for hydroxylation is 1. The van der Waals surface area contributed by atoms with Crippen LogP contribution in [-0.4, -0.2) is 35.9 Å². The van der Waals surface area contributed by atoms with Gasteiger partial charge in [-0.2, -0.15) is 23.8 Å². The minimum atomic E-state index is -3.18. The number of nitrogens with zero attached hydrogens (tertiary/aromatic N) is 6. The molecule has 0 spiro atoms. The molecule has 0 aromatic carbocycles. The lowest BCUT2D eigenvalue weighted by Crippen LogP contribution is -2.13. The quantitative estimate of drug-likeness (QED) is 0.668. The molecule has 9 nitrogen and oxygen atoms in total. The predicted molar refractivity (Wildman–Crippen MR) is 98.1 cm³/mol. The Balaban J connectivity index is 2.02. The van der Waals surface area contributed by atoms with Crippen molar-refractivity contribution in [1.82, 2.24) is 29.9 Å². The molecule has 3 aromatic heterocycles. The van der Waals surface area contributed by atoms with Gasteiger partial charge < -0.3 is 10.6 Å². The molecule has 11 heteroatoms. The van der Waals surface area contributed by atoms with Crippen LogP contribution in [0.5, 0.6) is 0 Å². The molecule has 0 radical (unpaired) electrons. The Kier molecular flexibility index (Phi) is 5.25. The highest BCUT2D eigenvalue weighted by Crippen LogP contribution is 2.31. The third-order valence-electron chi connectivity index (χ3n) is 3.61. The molecule has 0 unspecified atom stereocenters. The molecule has 0 fully saturated rings. The second-order valence-electron chi connectivity index (χ2n) is 5.99. The number of pyridine rings is 1. The van der Waals surface area contributed by atoms with Crippen LogP contribution in [0.1, 0.15) is 26.6 Å². The summed E-state index contributed by atoms with van der Waals surface area (Å²) < 4.78 is 27.1. The van der Waals surface area contributed by atoms with E-state index in [-0.39, 0.29) is 17.5 Å². The number of hydrogen-bond donors (Lipinski definition) is 2. The summed E-state index contributed by atoms with van der Waals surface area (Å²) in [6.07, 6.45) is 4.31. The predicted octanol–water partition coefficient (Wildman–Crippen LogP) is 2.96. The first kappa shape index (κ1) is 19.3. The number of hydrogen-bond acceptors (Lipinski definition) is 7. The number of carbonyl (C=O) groups excluding carboxylic acids is 1. The fraction of sp³-hybridized carbons (Fsp3) is 0.294. The standard InChI is InChI=1S/C17H18F2N8O/c1-4-27-22-9-13(26-27)11-8-21-15(23-10(2)28)7-12(11)24-14-5-6-20-16(25-14)17(3,18)19/h5-9H,4H2,1-3H3,(H2,20,21,23,24,25,28). The Bertz CT molecular complexity index is 999. The van der Waals surface area contributed by atoms with Crippen molar-refractivity contribution in [2.24, 2.45) is 0 Å². The lowest BCUT2D eigenvalue weighted by Gasteiger charge is -2.13. The van der Waals surface area contributed by atoms with Crippen molar-refractivity contribution in [1.29, 1.82) is 0 Å². The molecule has 3 rings (SSSR count). The molecule has 3 heterocycles. The number of carbonyl (C=O) groups is 1. The van der Waals surface area contributed by atoms with E-state index < -0.39 is 11.7 Å². The Morgan fingerprint density at radius 3 is 2.68 bits per heavy atom. The Morgan fingerprint density at radius 1 is 1.25 bits per heavy atom. The van der Waals surface area contributed by atoms with E-state index in [2.05, 4.69) is 35.8 Å². The average molecular weight is 388 g/mol. The van der Waals surface area contributed by atoms with E-state index in [4.69, 9.17) is 0 Å². The third-order valence-corrected chi connectivity index (χ3v) is 3.61. The third kappa shape index (κ3) is 4.42. The van der Waals surface area contributed by atoms with Gasteiger partial charge in [-0.3, -0.25) is 4.79 Å². The zero-order valence-electron chi connectivity index (χ0n) is 15.4. The van der Waals surface area contributed by atoms with E-state index in [0.29, 0.717) is 23.5 Å². The summed E-state index contributed by atoms with van der Waals surface area (Å²) in [6, 6.07) is 3.02. The van der Waals surface area contributed by atoms with E-state index in [1.54, 1.807) is 12.3 Å². The van der Waals surface area contributed by atoms with Crippen molar-refractivity contribution in [2.45, 2.75) is 33.2 Å². The van der Waals surface area contributed by atoms with Gasteiger partial charge in [0.15, 0.2) is 0 Å². The lowest BCUT2D eigenvalue weighted by molar-refractivity contribution is -0.114. The number of rotatable bonds is 6. The highest BCUT2D eigenvalue weighted by Gasteiger charge is 2.28. The monoisotopic (exact) mass is 388 g/mol. The van der Waals surface area contributed by atoms with E-state index in [0.717, 1.165) is 6.92 Å². The van der Waals surface area contributed by atoms with Gasteiger partial charge in [-0.25, -0.2) is 15.0 Å². The summed E-state index contributed by atoms with van der Waals surface area (Å²) in [5.41, 5.74) is 1.56. The first-order chi connectivity index (χ1) is 13.3. The highest BCUT2D eigenvalue weighted by molar-refractivity contribution is 5.89. The van der Waals surface area contributed by atoms with Crippen LogP contribution in [0.15, 0.2) is 30.7 Å². The second kappa shape index (κ2) is 7.62. The van der Waals surface area contributed by atoms with Gasteiger partial charge in [0.05, 0.1) is 18.4 Å². The van der Waals surface area contributed by atoms with Crippen molar-refractivity contribution in [3.8, 4) is 11.3 Å². The summed E-state index contributed by atoms with van der Waals surface area (Å²) in [7, 11) is 0. The molecule has 0 aliphatic carbocycles. The molecule has 0 saturated heterocycles. The molecular weight excluding hydrogens is 370 g/mol. The van der Waals surface area contributed by atoms with Gasteiger partial charge in [-0.05, 0) is 13.0 Å². The zero-order valence-corrected chi connectivity index (χ0v) is 15.4. The Morgan fingerprint density at radius 2 is 2.04 bits per heavy atom. The Labute approximate surface area is 159 Å². The molecule has 2 N–H and O–H groups in total. The SMILES string of the molecule is CCn1ncc(-c2cnc(NC(C)=O)cc2Nc2ccnc(C(C)(F)F)n2)n1. The molecule has 146 valence electrons. The van der Waals surface area contributed by atoms with Crippen molar-refractivity contribution < 1.29 is 13.6 Å². The first-order valence-electron chi connectivity index (χ1n) is 8.42. The van der Waals surface area contributed by atoms with E-state index in [9.17, 15) is 13.6 Å². The fourth-order valence-corrected chi connectivity index (χ4v) is 2.36. The lowest BCUT2D eigenvalue weighted by atomic mass is 10.1. The van der Waals surface area contributed by atoms with Crippen LogP contribution < -0.4 is 10.6 Å². The minimum Gasteiger partial charge on any atom is -0.339 e.